The minimum Gasteiger partial charge on any atom is -0.504 e. The van der Waals surface area contributed by atoms with Gasteiger partial charge in [-0.2, -0.15) is 0 Å². The van der Waals surface area contributed by atoms with E-state index >= 15 is 0 Å². The van der Waals surface area contributed by atoms with Crippen LogP contribution in [0.15, 0.2) is 36.7 Å². The highest BCUT2D eigenvalue weighted by Gasteiger charge is 2.24. The standard InChI is InChI=1S/C28H41NO5/c1-6-21(14-22-11-12-29-18-22)7-9-26(34-20(4)30)17-25(31)15-24(13-19(2)3)23-8-10-27(32)28(16-23)33-5/h8,10-12,16,18-19,21,24,26,29,32H,6-7,9,13-15,17H2,1-5H3. The molecule has 0 saturated carbocycles. The van der Waals surface area contributed by atoms with Crippen molar-refractivity contribution in [1.29, 1.82) is 0 Å². The Morgan fingerprint density at radius 1 is 1.12 bits per heavy atom. The van der Waals surface area contributed by atoms with Gasteiger partial charge < -0.3 is 19.6 Å². The van der Waals surface area contributed by atoms with Gasteiger partial charge in [0, 0.05) is 32.2 Å². The van der Waals surface area contributed by atoms with Crippen LogP contribution in [0.3, 0.4) is 0 Å². The molecule has 0 spiro atoms. The van der Waals surface area contributed by atoms with Crippen LogP contribution >= 0.6 is 0 Å². The summed E-state index contributed by atoms with van der Waals surface area (Å²) in [5, 5.41) is 9.95. The highest BCUT2D eigenvalue weighted by molar-refractivity contribution is 5.80. The Balaban J connectivity index is 2.04. The van der Waals surface area contributed by atoms with Crippen LogP contribution in [-0.4, -0.2) is 35.1 Å². The van der Waals surface area contributed by atoms with Gasteiger partial charge in [0.25, 0.3) is 0 Å². The summed E-state index contributed by atoms with van der Waals surface area (Å²) in [7, 11) is 1.52. The summed E-state index contributed by atoms with van der Waals surface area (Å²) in [5.74, 6) is 1.12. The van der Waals surface area contributed by atoms with Crippen molar-refractivity contribution in [2.24, 2.45) is 11.8 Å². The molecule has 1 aromatic heterocycles. The van der Waals surface area contributed by atoms with E-state index in [1.54, 1.807) is 6.07 Å². The fourth-order valence-electron chi connectivity index (χ4n) is 4.59. The van der Waals surface area contributed by atoms with Crippen molar-refractivity contribution in [2.45, 2.75) is 84.7 Å². The van der Waals surface area contributed by atoms with Gasteiger partial charge in [-0.3, -0.25) is 9.59 Å². The third kappa shape index (κ3) is 9.24. The number of Topliss-reactive ketones (excluding diaryl/α,β-unsaturated/α-hetero) is 1. The molecule has 2 rings (SSSR count). The Morgan fingerprint density at radius 2 is 1.88 bits per heavy atom. The third-order valence-electron chi connectivity index (χ3n) is 6.35. The van der Waals surface area contributed by atoms with Gasteiger partial charge in [-0.25, -0.2) is 0 Å². The zero-order valence-corrected chi connectivity index (χ0v) is 21.3. The molecule has 34 heavy (non-hydrogen) atoms. The lowest BCUT2D eigenvalue weighted by Crippen LogP contribution is -2.23. The summed E-state index contributed by atoms with van der Waals surface area (Å²) in [6, 6.07) is 7.37. The molecule has 0 aliphatic heterocycles. The Morgan fingerprint density at radius 3 is 2.47 bits per heavy atom. The van der Waals surface area contributed by atoms with Gasteiger partial charge in [-0.1, -0.05) is 33.3 Å². The molecule has 2 aromatic rings. The smallest absolute Gasteiger partial charge is 0.302 e. The zero-order valence-electron chi connectivity index (χ0n) is 21.3. The molecule has 3 unspecified atom stereocenters. The number of carbonyl (C=O) groups is 2. The van der Waals surface area contributed by atoms with Crippen LogP contribution < -0.4 is 4.74 Å². The first-order valence-electron chi connectivity index (χ1n) is 12.4. The van der Waals surface area contributed by atoms with Gasteiger partial charge in [0.2, 0.25) is 0 Å². The third-order valence-corrected chi connectivity index (χ3v) is 6.35. The van der Waals surface area contributed by atoms with E-state index in [1.807, 2.05) is 24.5 Å². The first-order chi connectivity index (χ1) is 16.2. The quantitative estimate of drug-likeness (QED) is 0.302. The normalized spacial score (nSPS) is 13.9. The van der Waals surface area contributed by atoms with Crippen LogP contribution in [0.2, 0.25) is 0 Å². The Bertz CT molecular complexity index is 890. The first kappa shape index (κ1) is 27.5. The van der Waals surface area contributed by atoms with Gasteiger partial charge in [0.1, 0.15) is 11.9 Å². The summed E-state index contributed by atoms with van der Waals surface area (Å²) >= 11 is 0. The number of aromatic nitrogens is 1. The summed E-state index contributed by atoms with van der Waals surface area (Å²) in [4.78, 5) is 27.9. The summed E-state index contributed by atoms with van der Waals surface area (Å²) < 4.78 is 10.8. The summed E-state index contributed by atoms with van der Waals surface area (Å²) in [6.45, 7) is 7.84. The maximum Gasteiger partial charge on any atom is 0.302 e. The monoisotopic (exact) mass is 471 g/mol. The molecule has 188 valence electrons. The molecule has 1 aromatic carbocycles. The molecule has 0 aliphatic carbocycles. The van der Waals surface area contributed by atoms with E-state index in [2.05, 4.69) is 31.8 Å². The van der Waals surface area contributed by atoms with Gasteiger partial charge in [0.15, 0.2) is 11.5 Å². The second-order valence-electron chi connectivity index (χ2n) is 9.71. The molecule has 6 heteroatoms. The number of hydrogen-bond donors (Lipinski definition) is 2. The number of ketones is 1. The van der Waals surface area contributed by atoms with Crippen molar-refractivity contribution >= 4 is 11.8 Å². The molecule has 2 N–H and O–H groups in total. The lowest BCUT2D eigenvalue weighted by atomic mass is 9.85. The van der Waals surface area contributed by atoms with Gasteiger partial charge in [-0.15, -0.1) is 0 Å². The molecule has 0 radical (unpaired) electrons. The highest BCUT2D eigenvalue weighted by Crippen LogP contribution is 2.34. The average Bonchev–Trinajstić information content (AvgIpc) is 3.28. The zero-order chi connectivity index (χ0) is 25.1. The number of carbonyl (C=O) groups excluding carboxylic acids is 2. The Hall–Kier alpha value is -2.76. The van der Waals surface area contributed by atoms with Crippen LogP contribution in [0.4, 0.5) is 0 Å². The Kier molecular flexibility index (Phi) is 11.2. The van der Waals surface area contributed by atoms with Crippen molar-refractivity contribution in [3.63, 3.8) is 0 Å². The fourth-order valence-corrected chi connectivity index (χ4v) is 4.59. The predicted octanol–water partition coefficient (Wildman–Crippen LogP) is 6.19. The van der Waals surface area contributed by atoms with Crippen LogP contribution in [0, 0.1) is 11.8 Å². The highest BCUT2D eigenvalue weighted by atomic mass is 16.5. The van der Waals surface area contributed by atoms with E-state index in [4.69, 9.17) is 9.47 Å². The summed E-state index contributed by atoms with van der Waals surface area (Å²) in [5.41, 5.74) is 2.24. The number of phenolic OH excluding ortho intramolecular Hbond substituents is 1. The maximum absolute atomic E-state index is 13.1. The number of phenols is 1. The molecular weight excluding hydrogens is 430 g/mol. The molecule has 0 saturated heterocycles. The first-order valence-corrected chi connectivity index (χ1v) is 12.4. The minimum absolute atomic E-state index is 0.0111. The van der Waals surface area contributed by atoms with Crippen molar-refractivity contribution in [3.05, 3.63) is 47.8 Å². The molecule has 0 fully saturated rings. The molecular formula is C28H41NO5. The number of aromatic hydroxyl groups is 1. The maximum atomic E-state index is 13.1. The van der Waals surface area contributed by atoms with E-state index in [9.17, 15) is 14.7 Å². The molecule has 3 atom stereocenters. The number of rotatable bonds is 15. The predicted molar refractivity (Wildman–Crippen MR) is 134 cm³/mol. The van der Waals surface area contributed by atoms with Crippen LogP contribution in [0.25, 0.3) is 0 Å². The molecule has 1 heterocycles. The molecule has 6 nitrogen and oxygen atoms in total. The van der Waals surface area contributed by atoms with E-state index in [1.165, 1.54) is 19.6 Å². The lowest BCUT2D eigenvalue weighted by Gasteiger charge is -2.23. The second kappa shape index (κ2) is 13.8. The number of ether oxygens (including phenoxy) is 2. The van der Waals surface area contributed by atoms with Gasteiger partial charge >= 0.3 is 5.97 Å². The average molecular weight is 472 g/mol. The number of H-pyrrole nitrogens is 1. The number of esters is 1. The minimum atomic E-state index is -0.403. The van der Waals surface area contributed by atoms with Crippen molar-refractivity contribution < 1.29 is 24.2 Å². The number of nitrogens with one attached hydrogen (secondary N) is 1. The second-order valence-corrected chi connectivity index (χ2v) is 9.71. The van der Waals surface area contributed by atoms with Crippen LogP contribution in [0.1, 0.15) is 83.3 Å². The SMILES string of the molecule is CCC(CCC(CC(=O)CC(CC(C)C)c1ccc(O)c(OC)c1)OC(C)=O)Cc1cc[nH]c1. The molecule has 0 aliphatic rings. The van der Waals surface area contributed by atoms with E-state index in [-0.39, 0.29) is 29.8 Å². The summed E-state index contributed by atoms with van der Waals surface area (Å²) in [6.07, 6.45) is 8.56. The Labute approximate surface area is 204 Å². The number of methoxy groups -OCH3 is 1. The number of aromatic amines is 1. The van der Waals surface area contributed by atoms with Crippen molar-refractivity contribution in [1.82, 2.24) is 4.98 Å². The molecule has 0 bridgehead atoms. The number of benzene rings is 1. The topological polar surface area (TPSA) is 88.6 Å². The van der Waals surface area contributed by atoms with Crippen LogP contribution in [-0.2, 0) is 20.7 Å². The van der Waals surface area contributed by atoms with E-state index in [0.717, 1.165) is 31.2 Å². The van der Waals surface area contributed by atoms with E-state index < -0.39 is 6.10 Å². The van der Waals surface area contributed by atoms with Gasteiger partial charge in [-0.05, 0) is 72.8 Å². The van der Waals surface area contributed by atoms with Crippen molar-refractivity contribution in [2.75, 3.05) is 7.11 Å². The molecule has 0 amide bonds. The number of hydrogen-bond acceptors (Lipinski definition) is 5. The van der Waals surface area contributed by atoms with Gasteiger partial charge in [0.05, 0.1) is 7.11 Å². The lowest BCUT2D eigenvalue weighted by molar-refractivity contribution is -0.148. The van der Waals surface area contributed by atoms with E-state index in [0.29, 0.717) is 30.4 Å². The fraction of sp³-hybridized carbons (Fsp3) is 0.571. The van der Waals surface area contributed by atoms with Crippen molar-refractivity contribution in [3.8, 4) is 11.5 Å². The van der Waals surface area contributed by atoms with Crippen LogP contribution in [0.5, 0.6) is 11.5 Å². The largest absolute Gasteiger partial charge is 0.504 e.